The van der Waals surface area contributed by atoms with Crippen molar-refractivity contribution in [1.82, 2.24) is 0 Å². The Morgan fingerprint density at radius 2 is 1.78 bits per heavy atom. The van der Waals surface area contributed by atoms with Gasteiger partial charge in [-0.05, 0) is 64.6 Å². The van der Waals surface area contributed by atoms with Gasteiger partial charge in [0.1, 0.15) is 1.55 Å². The largest absolute Gasteiger partial charge is 2.00 e. The Morgan fingerprint density at radius 1 is 1.33 bits per heavy atom. The monoisotopic (exact) mass is 535 g/mol. The van der Waals surface area contributed by atoms with Gasteiger partial charge >= 0.3 is 21.1 Å². The SMILES string of the molecule is NCCCC(N)(I)I.[Pt+2]. The molecule has 0 spiro atoms. The molecule has 4 N–H and O–H groups in total. The zero-order valence-electron chi connectivity index (χ0n) is 4.85. The molecule has 0 radical (unpaired) electrons. The first kappa shape index (κ1) is 13.6. The number of rotatable bonds is 3. The molecule has 58 valence electrons. The summed E-state index contributed by atoms with van der Waals surface area (Å²) in [5.41, 5.74) is 10.9. The van der Waals surface area contributed by atoms with E-state index in [0.29, 0.717) is 0 Å². The van der Waals surface area contributed by atoms with Gasteiger partial charge < -0.3 is 11.5 Å². The van der Waals surface area contributed by atoms with Crippen LogP contribution in [0.2, 0.25) is 0 Å². The van der Waals surface area contributed by atoms with Gasteiger partial charge in [-0.1, -0.05) is 0 Å². The second-order valence-electron chi connectivity index (χ2n) is 1.65. The Morgan fingerprint density at radius 3 is 1.89 bits per heavy atom. The molecule has 2 nitrogen and oxygen atoms in total. The average molecular weight is 535 g/mol. The molecule has 0 fully saturated rings. The summed E-state index contributed by atoms with van der Waals surface area (Å²) in [5, 5.41) is 0. The molecule has 0 aromatic rings. The maximum absolute atomic E-state index is 5.64. The molecule has 9 heavy (non-hydrogen) atoms. The molecular weight excluding hydrogens is 525 g/mol. The standard InChI is InChI=1S/C4H10I2N2.Pt/c5-4(6,8)2-1-3-7;/h1-3,7-8H2;/q;+2. The van der Waals surface area contributed by atoms with E-state index < -0.39 is 0 Å². The molecule has 0 amide bonds. The molecule has 0 atom stereocenters. The first-order valence-corrected chi connectivity index (χ1v) is 4.59. The van der Waals surface area contributed by atoms with E-state index in [1.54, 1.807) is 0 Å². The molecular formula is C4H10I2N2Pt+2. The van der Waals surface area contributed by atoms with Crippen LogP contribution in [0.15, 0.2) is 0 Å². The van der Waals surface area contributed by atoms with Crippen LogP contribution in [0.4, 0.5) is 0 Å². The molecule has 0 aromatic carbocycles. The van der Waals surface area contributed by atoms with Gasteiger partial charge in [0.05, 0.1) is 0 Å². The molecule has 0 aromatic heterocycles. The number of alkyl halides is 2. The molecule has 5 heteroatoms. The van der Waals surface area contributed by atoms with E-state index in [9.17, 15) is 0 Å². The summed E-state index contributed by atoms with van der Waals surface area (Å²) in [4.78, 5) is 0. The molecule has 0 bridgehead atoms. The van der Waals surface area contributed by atoms with E-state index in [4.69, 9.17) is 11.5 Å². The van der Waals surface area contributed by atoms with E-state index in [1.807, 2.05) is 0 Å². The zero-order chi connectivity index (χ0) is 6.62. The number of hydrogen-bond donors (Lipinski definition) is 2. The summed E-state index contributed by atoms with van der Waals surface area (Å²) in [6, 6.07) is 0. The molecule has 0 rings (SSSR count). The minimum Gasteiger partial charge on any atom is -0.330 e. The van der Waals surface area contributed by atoms with Gasteiger partial charge in [-0.25, -0.2) is 0 Å². The third-order valence-electron chi connectivity index (χ3n) is 0.714. The van der Waals surface area contributed by atoms with E-state index in [-0.39, 0.29) is 22.6 Å². The van der Waals surface area contributed by atoms with Crippen LogP contribution in [-0.2, 0) is 21.1 Å². The van der Waals surface area contributed by atoms with Crippen molar-refractivity contribution < 1.29 is 21.1 Å². The van der Waals surface area contributed by atoms with Gasteiger partial charge in [-0.15, -0.1) is 0 Å². The molecule has 0 aliphatic rings. The van der Waals surface area contributed by atoms with E-state index in [2.05, 4.69) is 45.2 Å². The molecule has 0 aliphatic carbocycles. The quantitative estimate of drug-likeness (QED) is 0.325. The Kier molecular flexibility index (Phi) is 10.2. The number of hydrogen-bond acceptors (Lipinski definition) is 2. The molecule has 0 saturated heterocycles. The normalized spacial score (nSPS) is 10.7. The molecule has 0 heterocycles. The van der Waals surface area contributed by atoms with Crippen molar-refractivity contribution >= 4 is 45.2 Å². The van der Waals surface area contributed by atoms with E-state index >= 15 is 0 Å². The third kappa shape index (κ3) is 13.1. The first-order chi connectivity index (χ1) is 3.56. The van der Waals surface area contributed by atoms with Crippen LogP contribution >= 0.6 is 45.2 Å². The fourth-order valence-corrected chi connectivity index (χ4v) is 1.10. The van der Waals surface area contributed by atoms with Crippen LogP contribution < -0.4 is 11.5 Å². The minimum absolute atomic E-state index is 0. The maximum atomic E-state index is 5.64. The molecule has 0 unspecified atom stereocenters. The number of nitrogens with two attached hydrogens (primary N) is 2. The van der Waals surface area contributed by atoms with Gasteiger partial charge in [0.15, 0.2) is 0 Å². The summed E-state index contributed by atoms with van der Waals surface area (Å²) in [6.07, 6.45) is 2.01. The van der Waals surface area contributed by atoms with Crippen molar-refractivity contribution in [3.05, 3.63) is 0 Å². The van der Waals surface area contributed by atoms with Crippen molar-refractivity contribution in [2.75, 3.05) is 6.54 Å². The Hall–Kier alpha value is 2.07. The van der Waals surface area contributed by atoms with Crippen LogP contribution in [0.25, 0.3) is 0 Å². The van der Waals surface area contributed by atoms with Crippen molar-refractivity contribution in [2.45, 2.75) is 14.4 Å². The predicted molar refractivity (Wildman–Crippen MR) is 53.2 cm³/mol. The third-order valence-corrected chi connectivity index (χ3v) is 1.79. The summed E-state index contributed by atoms with van der Waals surface area (Å²) in [6.45, 7) is 0.741. The Balaban J connectivity index is 0. The summed E-state index contributed by atoms with van der Waals surface area (Å²) >= 11 is 4.42. The summed E-state index contributed by atoms with van der Waals surface area (Å²) in [5.74, 6) is 0. The fraction of sp³-hybridized carbons (Fsp3) is 1.00. The predicted octanol–water partition coefficient (Wildman–Crippen LogP) is 1.21. The van der Waals surface area contributed by atoms with Crippen LogP contribution in [0.5, 0.6) is 0 Å². The second-order valence-corrected chi connectivity index (χ2v) is 7.57. The second kappa shape index (κ2) is 6.76. The van der Waals surface area contributed by atoms with Crippen LogP contribution in [0.3, 0.4) is 0 Å². The Bertz CT molecular complexity index is 64.1. The number of halogens is 2. The summed E-state index contributed by atoms with van der Waals surface area (Å²) < 4.78 is -0.0884. The topological polar surface area (TPSA) is 52.0 Å². The van der Waals surface area contributed by atoms with Crippen LogP contribution in [0, 0.1) is 0 Å². The fourth-order valence-electron chi connectivity index (χ4n) is 0.338. The van der Waals surface area contributed by atoms with Gasteiger partial charge in [-0.2, -0.15) is 0 Å². The van der Waals surface area contributed by atoms with E-state index in [1.165, 1.54) is 0 Å². The zero-order valence-corrected chi connectivity index (χ0v) is 11.4. The van der Waals surface area contributed by atoms with Crippen molar-refractivity contribution in [1.29, 1.82) is 0 Å². The van der Waals surface area contributed by atoms with Crippen LogP contribution in [-0.4, -0.2) is 8.10 Å². The summed E-state index contributed by atoms with van der Waals surface area (Å²) in [7, 11) is 0. The smallest absolute Gasteiger partial charge is 0.330 e. The van der Waals surface area contributed by atoms with Crippen LogP contribution in [0.1, 0.15) is 12.8 Å². The Labute approximate surface area is 97.4 Å². The first-order valence-electron chi connectivity index (χ1n) is 2.43. The van der Waals surface area contributed by atoms with Crippen molar-refractivity contribution in [3.8, 4) is 0 Å². The van der Waals surface area contributed by atoms with Gasteiger partial charge in [0, 0.05) is 0 Å². The minimum atomic E-state index is -0.0884. The molecule has 0 saturated carbocycles. The van der Waals surface area contributed by atoms with Crippen molar-refractivity contribution in [3.63, 3.8) is 0 Å². The van der Waals surface area contributed by atoms with Gasteiger partial charge in [0.25, 0.3) is 0 Å². The van der Waals surface area contributed by atoms with E-state index in [0.717, 1.165) is 19.4 Å². The van der Waals surface area contributed by atoms with Gasteiger partial charge in [-0.3, -0.25) is 0 Å². The van der Waals surface area contributed by atoms with Gasteiger partial charge in [0.2, 0.25) is 0 Å². The molecule has 0 aliphatic heterocycles. The van der Waals surface area contributed by atoms with Crippen molar-refractivity contribution in [2.24, 2.45) is 11.5 Å². The average Bonchev–Trinajstić information content (AvgIpc) is 1.59. The maximum Gasteiger partial charge on any atom is 2.00 e.